The van der Waals surface area contributed by atoms with Gasteiger partial charge in [-0.15, -0.1) is 22.7 Å². The maximum absolute atomic E-state index is 12.4. The van der Waals surface area contributed by atoms with Gasteiger partial charge in [-0.3, -0.25) is 4.79 Å². The molecule has 0 aliphatic rings. The Labute approximate surface area is 120 Å². The number of rotatable bonds is 4. The molecule has 2 rings (SSSR count). The van der Waals surface area contributed by atoms with Gasteiger partial charge >= 0.3 is 0 Å². The summed E-state index contributed by atoms with van der Waals surface area (Å²) in [6, 6.07) is 3.94. The average Bonchev–Trinajstić information content (AvgIpc) is 3.06. The Morgan fingerprint density at radius 1 is 1.42 bits per heavy atom. The predicted molar refractivity (Wildman–Crippen MR) is 79.5 cm³/mol. The number of carbonyl (C=O) groups is 1. The minimum absolute atomic E-state index is 0.0490. The van der Waals surface area contributed by atoms with Crippen molar-refractivity contribution in [3.63, 3.8) is 0 Å². The zero-order chi connectivity index (χ0) is 14.0. The van der Waals surface area contributed by atoms with Crippen molar-refractivity contribution < 1.29 is 4.79 Å². The van der Waals surface area contributed by atoms with Gasteiger partial charge in [-0.25, -0.2) is 4.98 Å². The first-order valence-electron chi connectivity index (χ1n) is 6.02. The van der Waals surface area contributed by atoms with E-state index in [1.54, 1.807) is 28.7 Å². The topological polar surface area (TPSA) is 59.2 Å². The summed E-state index contributed by atoms with van der Waals surface area (Å²) in [5, 5.41) is 4.58. The first-order chi connectivity index (χ1) is 9.00. The molecule has 2 N–H and O–H groups in total. The van der Waals surface area contributed by atoms with Crippen molar-refractivity contribution in [2.45, 2.75) is 25.9 Å². The third-order valence-corrected chi connectivity index (χ3v) is 5.08. The Hall–Kier alpha value is -1.24. The SMILES string of the molecule is CC(N)c1nc(C(=O)N(C)C(C)c2cccs2)cs1. The number of thiazole rings is 1. The van der Waals surface area contributed by atoms with Crippen LogP contribution < -0.4 is 5.73 Å². The second-order valence-electron chi connectivity index (χ2n) is 4.47. The molecule has 0 saturated heterocycles. The smallest absolute Gasteiger partial charge is 0.273 e. The van der Waals surface area contributed by atoms with Crippen molar-refractivity contribution in [2.24, 2.45) is 5.73 Å². The number of nitrogens with two attached hydrogens (primary N) is 1. The van der Waals surface area contributed by atoms with Crippen LogP contribution in [0.1, 0.15) is 46.3 Å². The van der Waals surface area contributed by atoms with Gasteiger partial charge in [0.15, 0.2) is 0 Å². The number of carbonyl (C=O) groups excluding carboxylic acids is 1. The predicted octanol–water partition coefficient (Wildman–Crippen LogP) is 3.06. The molecular formula is C13H17N3OS2. The van der Waals surface area contributed by atoms with Crippen LogP contribution in [0.25, 0.3) is 0 Å². The monoisotopic (exact) mass is 295 g/mol. The molecule has 2 atom stereocenters. The summed E-state index contributed by atoms with van der Waals surface area (Å²) in [5.41, 5.74) is 6.24. The molecule has 19 heavy (non-hydrogen) atoms. The van der Waals surface area contributed by atoms with E-state index in [0.717, 1.165) is 5.01 Å². The Bertz CT molecular complexity index is 548. The molecule has 0 fully saturated rings. The summed E-state index contributed by atoms with van der Waals surface area (Å²) in [7, 11) is 1.80. The minimum Gasteiger partial charge on any atom is -0.333 e. The third-order valence-electron chi connectivity index (χ3n) is 2.99. The number of thiophene rings is 1. The van der Waals surface area contributed by atoms with E-state index in [4.69, 9.17) is 5.73 Å². The van der Waals surface area contributed by atoms with Gasteiger partial charge in [-0.2, -0.15) is 0 Å². The highest BCUT2D eigenvalue weighted by molar-refractivity contribution is 7.10. The molecule has 2 aromatic rings. The van der Waals surface area contributed by atoms with Gasteiger partial charge < -0.3 is 10.6 Å². The molecule has 0 aliphatic carbocycles. The van der Waals surface area contributed by atoms with Crippen molar-refractivity contribution in [2.75, 3.05) is 7.05 Å². The van der Waals surface area contributed by atoms with Crippen LogP contribution in [0, 0.1) is 0 Å². The fraction of sp³-hybridized carbons (Fsp3) is 0.385. The van der Waals surface area contributed by atoms with Crippen molar-refractivity contribution >= 4 is 28.6 Å². The summed E-state index contributed by atoms with van der Waals surface area (Å²) in [5.74, 6) is -0.0657. The fourth-order valence-corrected chi connectivity index (χ4v) is 3.25. The highest BCUT2D eigenvalue weighted by Crippen LogP contribution is 2.25. The normalized spacial score (nSPS) is 14.1. The van der Waals surface area contributed by atoms with Gasteiger partial charge in [-0.1, -0.05) is 6.07 Å². The lowest BCUT2D eigenvalue weighted by Crippen LogP contribution is -2.29. The zero-order valence-electron chi connectivity index (χ0n) is 11.2. The molecule has 0 spiro atoms. The van der Waals surface area contributed by atoms with E-state index >= 15 is 0 Å². The lowest BCUT2D eigenvalue weighted by molar-refractivity contribution is 0.0739. The standard InChI is InChI=1S/C13H17N3OS2/c1-8(14)12-15-10(7-19-12)13(17)16(3)9(2)11-5-4-6-18-11/h4-9H,14H2,1-3H3. The van der Waals surface area contributed by atoms with Crippen LogP contribution in [0.2, 0.25) is 0 Å². The Morgan fingerprint density at radius 3 is 2.68 bits per heavy atom. The molecule has 0 bridgehead atoms. The quantitative estimate of drug-likeness (QED) is 0.943. The molecule has 2 heterocycles. The molecule has 4 nitrogen and oxygen atoms in total. The molecule has 2 unspecified atom stereocenters. The van der Waals surface area contributed by atoms with Crippen LogP contribution in [0.3, 0.4) is 0 Å². The van der Waals surface area contributed by atoms with Crippen molar-refractivity contribution in [1.82, 2.24) is 9.88 Å². The van der Waals surface area contributed by atoms with Crippen LogP contribution in [0.5, 0.6) is 0 Å². The number of amides is 1. The lowest BCUT2D eigenvalue weighted by Gasteiger charge is -2.23. The van der Waals surface area contributed by atoms with Crippen molar-refractivity contribution in [3.05, 3.63) is 38.5 Å². The van der Waals surface area contributed by atoms with E-state index in [2.05, 4.69) is 4.98 Å². The van der Waals surface area contributed by atoms with Crippen LogP contribution in [-0.4, -0.2) is 22.8 Å². The molecule has 6 heteroatoms. The van der Waals surface area contributed by atoms with E-state index in [0.29, 0.717) is 5.69 Å². The molecule has 2 aromatic heterocycles. The maximum atomic E-state index is 12.4. The maximum Gasteiger partial charge on any atom is 0.273 e. The largest absolute Gasteiger partial charge is 0.333 e. The summed E-state index contributed by atoms with van der Waals surface area (Å²) in [6.07, 6.45) is 0. The van der Waals surface area contributed by atoms with E-state index in [1.165, 1.54) is 16.2 Å². The number of aromatic nitrogens is 1. The molecular weight excluding hydrogens is 278 g/mol. The second kappa shape index (κ2) is 5.81. The van der Waals surface area contributed by atoms with Gasteiger partial charge in [-0.05, 0) is 25.3 Å². The minimum atomic E-state index is -0.133. The highest BCUT2D eigenvalue weighted by Gasteiger charge is 2.22. The fourth-order valence-electron chi connectivity index (χ4n) is 1.67. The molecule has 102 valence electrons. The zero-order valence-corrected chi connectivity index (χ0v) is 12.8. The van der Waals surface area contributed by atoms with Gasteiger partial charge in [0, 0.05) is 17.3 Å². The van der Waals surface area contributed by atoms with Crippen molar-refractivity contribution in [3.8, 4) is 0 Å². The van der Waals surface area contributed by atoms with Crippen LogP contribution in [0.4, 0.5) is 0 Å². The Balaban J connectivity index is 2.14. The van der Waals surface area contributed by atoms with E-state index in [1.807, 2.05) is 31.4 Å². The Morgan fingerprint density at radius 2 is 2.16 bits per heavy atom. The average molecular weight is 295 g/mol. The first-order valence-corrected chi connectivity index (χ1v) is 7.78. The number of nitrogens with zero attached hydrogens (tertiary/aromatic N) is 2. The highest BCUT2D eigenvalue weighted by atomic mass is 32.1. The summed E-state index contributed by atoms with van der Waals surface area (Å²) in [6.45, 7) is 3.88. The second-order valence-corrected chi connectivity index (χ2v) is 6.34. The van der Waals surface area contributed by atoms with Crippen LogP contribution in [0.15, 0.2) is 22.9 Å². The van der Waals surface area contributed by atoms with Crippen LogP contribution >= 0.6 is 22.7 Å². The Kier molecular flexibility index (Phi) is 4.34. The van der Waals surface area contributed by atoms with Gasteiger partial charge in [0.25, 0.3) is 5.91 Å². The third kappa shape index (κ3) is 3.02. The summed E-state index contributed by atoms with van der Waals surface area (Å²) in [4.78, 5) is 19.5. The number of hydrogen-bond donors (Lipinski definition) is 1. The van der Waals surface area contributed by atoms with Crippen LogP contribution in [-0.2, 0) is 0 Å². The lowest BCUT2D eigenvalue weighted by atomic mass is 10.2. The molecule has 0 saturated carbocycles. The summed E-state index contributed by atoms with van der Waals surface area (Å²) < 4.78 is 0. The summed E-state index contributed by atoms with van der Waals surface area (Å²) >= 11 is 3.08. The first kappa shape index (κ1) is 14.2. The molecule has 0 radical (unpaired) electrons. The number of hydrogen-bond acceptors (Lipinski definition) is 5. The molecule has 0 aromatic carbocycles. The van der Waals surface area contributed by atoms with Gasteiger partial charge in [0.05, 0.1) is 12.1 Å². The molecule has 1 amide bonds. The van der Waals surface area contributed by atoms with E-state index in [-0.39, 0.29) is 18.0 Å². The van der Waals surface area contributed by atoms with E-state index < -0.39 is 0 Å². The van der Waals surface area contributed by atoms with Crippen molar-refractivity contribution in [1.29, 1.82) is 0 Å². The van der Waals surface area contributed by atoms with Gasteiger partial charge in [0.1, 0.15) is 10.7 Å². The van der Waals surface area contributed by atoms with E-state index in [9.17, 15) is 4.79 Å². The molecule has 0 aliphatic heterocycles. The van der Waals surface area contributed by atoms with Gasteiger partial charge in [0.2, 0.25) is 0 Å².